The van der Waals surface area contributed by atoms with Gasteiger partial charge >= 0.3 is 0 Å². The zero-order chi connectivity index (χ0) is 21.8. The Labute approximate surface area is 187 Å². The summed E-state index contributed by atoms with van der Waals surface area (Å²) in [7, 11) is 1.87. The number of anilines is 3. The number of hydrogen-bond donors (Lipinski definition) is 2. The van der Waals surface area contributed by atoms with E-state index in [2.05, 4.69) is 61.9 Å². The van der Waals surface area contributed by atoms with Gasteiger partial charge < -0.3 is 15.4 Å². The van der Waals surface area contributed by atoms with E-state index in [-0.39, 0.29) is 0 Å². The molecule has 162 valence electrons. The van der Waals surface area contributed by atoms with Gasteiger partial charge in [0.1, 0.15) is 5.82 Å². The van der Waals surface area contributed by atoms with Crippen LogP contribution in [0.5, 0.6) is 0 Å². The number of ether oxygens (including phenoxy) is 1. The Morgan fingerprint density at radius 1 is 0.938 bits per heavy atom. The third kappa shape index (κ3) is 4.69. The molecule has 3 heterocycles. The first-order chi connectivity index (χ1) is 15.8. The number of nitrogens with zero attached hydrogens (tertiary/aromatic N) is 4. The van der Waals surface area contributed by atoms with Crippen molar-refractivity contribution in [1.82, 2.24) is 19.9 Å². The molecule has 4 aromatic rings. The van der Waals surface area contributed by atoms with Crippen LogP contribution in [0, 0.1) is 0 Å². The quantitative estimate of drug-likeness (QED) is 0.476. The zero-order valence-corrected chi connectivity index (χ0v) is 18.1. The minimum Gasteiger partial charge on any atom is -0.379 e. The van der Waals surface area contributed by atoms with Gasteiger partial charge in [-0.15, -0.1) is 0 Å². The predicted octanol–water partition coefficient (Wildman–Crippen LogP) is 4.31. The molecule has 7 nitrogen and oxygen atoms in total. The highest BCUT2D eigenvalue weighted by Crippen LogP contribution is 2.25. The van der Waals surface area contributed by atoms with E-state index in [0.717, 1.165) is 66.4 Å². The van der Waals surface area contributed by atoms with Crippen molar-refractivity contribution < 1.29 is 4.74 Å². The molecule has 0 bridgehead atoms. The van der Waals surface area contributed by atoms with Crippen LogP contribution in [0.2, 0.25) is 0 Å². The van der Waals surface area contributed by atoms with Crippen molar-refractivity contribution in [2.75, 3.05) is 44.0 Å². The molecule has 0 aliphatic carbocycles. The second-order valence-electron chi connectivity index (χ2n) is 7.86. The Kier molecular flexibility index (Phi) is 5.91. The fraction of sp³-hybridized carbons (Fsp3) is 0.240. The monoisotopic (exact) mass is 426 g/mol. The fourth-order valence-electron chi connectivity index (χ4n) is 3.85. The summed E-state index contributed by atoms with van der Waals surface area (Å²) in [4.78, 5) is 15.9. The van der Waals surface area contributed by atoms with Gasteiger partial charge in [-0.05, 0) is 47.0 Å². The van der Waals surface area contributed by atoms with E-state index in [1.807, 2.05) is 31.4 Å². The number of morpholine rings is 1. The summed E-state index contributed by atoms with van der Waals surface area (Å²) < 4.78 is 5.43. The Morgan fingerprint density at radius 2 is 1.75 bits per heavy atom. The van der Waals surface area contributed by atoms with Crippen molar-refractivity contribution in [3.63, 3.8) is 0 Å². The number of nitrogens with one attached hydrogen (secondary N) is 2. The highest BCUT2D eigenvalue weighted by atomic mass is 16.5. The van der Waals surface area contributed by atoms with Crippen LogP contribution in [0.3, 0.4) is 0 Å². The average molecular weight is 427 g/mol. The van der Waals surface area contributed by atoms with Gasteiger partial charge in [-0.3, -0.25) is 4.90 Å². The average Bonchev–Trinajstić information content (AvgIpc) is 2.85. The van der Waals surface area contributed by atoms with Crippen LogP contribution in [0.1, 0.15) is 5.56 Å². The fourth-order valence-corrected chi connectivity index (χ4v) is 3.85. The van der Waals surface area contributed by atoms with Crippen molar-refractivity contribution in [3.8, 4) is 11.1 Å². The lowest BCUT2D eigenvalue weighted by Crippen LogP contribution is -2.35. The third-order valence-electron chi connectivity index (χ3n) is 5.65. The Bertz CT molecular complexity index is 1200. The lowest BCUT2D eigenvalue weighted by molar-refractivity contribution is 0.0342. The van der Waals surface area contributed by atoms with Crippen LogP contribution >= 0.6 is 0 Å². The topological polar surface area (TPSA) is 75.2 Å². The molecule has 2 aromatic heterocycles. The number of aromatic nitrogens is 3. The molecular formula is C25H26N6O. The maximum absolute atomic E-state index is 5.43. The Morgan fingerprint density at radius 3 is 2.56 bits per heavy atom. The van der Waals surface area contributed by atoms with E-state index < -0.39 is 0 Å². The molecule has 0 unspecified atom stereocenters. The lowest BCUT2D eigenvalue weighted by Gasteiger charge is -2.26. The molecule has 2 N–H and O–H groups in total. The lowest BCUT2D eigenvalue weighted by atomic mass is 10.1. The molecule has 5 rings (SSSR count). The molecular weight excluding hydrogens is 400 g/mol. The molecule has 0 atom stereocenters. The van der Waals surface area contributed by atoms with Gasteiger partial charge in [0.05, 0.1) is 18.7 Å². The minimum absolute atomic E-state index is 0.584. The number of rotatable bonds is 6. The van der Waals surface area contributed by atoms with Gasteiger partial charge in [0.25, 0.3) is 0 Å². The van der Waals surface area contributed by atoms with Gasteiger partial charge in [-0.1, -0.05) is 24.3 Å². The van der Waals surface area contributed by atoms with Crippen molar-refractivity contribution in [2.45, 2.75) is 6.54 Å². The summed E-state index contributed by atoms with van der Waals surface area (Å²) in [5.41, 5.74) is 5.34. The van der Waals surface area contributed by atoms with Crippen LogP contribution in [-0.4, -0.2) is 53.2 Å². The highest BCUT2D eigenvalue weighted by molar-refractivity contribution is 5.85. The summed E-state index contributed by atoms with van der Waals surface area (Å²) in [5, 5.41) is 7.41. The summed E-state index contributed by atoms with van der Waals surface area (Å²) in [6.07, 6.45) is 3.66. The van der Waals surface area contributed by atoms with E-state index in [0.29, 0.717) is 5.95 Å². The third-order valence-corrected chi connectivity index (χ3v) is 5.65. The number of hydrogen-bond acceptors (Lipinski definition) is 7. The van der Waals surface area contributed by atoms with Gasteiger partial charge in [0.2, 0.25) is 5.95 Å². The van der Waals surface area contributed by atoms with Crippen molar-refractivity contribution in [1.29, 1.82) is 0 Å². The van der Waals surface area contributed by atoms with Crippen molar-refractivity contribution >= 4 is 28.4 Å². The zero-order valence-electron chi connectivity index (χ0n) is 18.1. The maximum Gasteiger partial charge on any atom is 0.227 e. The molecule has 0 amide bonds. The van der Waals surface area contributed by atoms with Crippen molar-refractivity contribution in [3.05, 3.63) is 72.6 Å². The van der Waals surface area contributed by atoms with Crippen LogP contribution < -0.4 is 10.6 Å². The molecule has 1 fully saturated rings. The number of benzene rings is 2. The number of fused-ring (bicyclic) bond motifs is 1. The first-order valence-electron chi connectivity index (χ1n) is 10.8. The largest absolute Gasteiger partial charge is 0.379 e. The molecule has 1 saturated heterocycles. The Hall–Kier alpha value is -3.55. The van der Waals surface area contributed by atoms with Crippen LogP contribution in [0.15, 0.2) is 67.0 Å². The summed E-state index contributed by atoms with van der Waals surface area (Å²) >= 11 is 0. The standard InChI is InChI=1S/C25H26N6O/c1-26-24-15-20(8-9-27-24)19-4-5-21-16-28-25(30-23(21)14-19)29-22-6-2-18(3-7-22)17-31-10-12-32-13-11-31/h2-9,14-16H,10-13,17H2,1H3,(H,26,27)(H,28,29,30). The van der Waals surface area contributed by atoms with Gasteiger partial charge in [-0.25, -0.2) is 15.0 Å². The highest BCUT2D eigenvalue weighted by Gasteiger charge is 2.11. The van der Waals surface area contributed by atoms with Crippen LogP contribution in [0.25, 0.3) is 22.0 Å². The molecule has 7 heteroatoms. The SMILES string of the molecule is CNc1cc(-c2ccc3cnc(Nc4ccc(CN5CCOCC5)cc4)nc3c2)ccn1. The minimum atomic E-state index is 0.584. The van der Waals surface area contributed by atoms with Crippen LogP contribution in [-0.2, 0) is 11.3 Å². The van der Waals surface area contributed by atoms with E-state index in [1.54, 1.807) is 6.20 Å². The van der Waals surface area contributed by atoms with E-state index in [1.165, 1.54) is 5.56 Å². The molecule has 2 aromatic carbocycles. The molecule has 1 aliphatic heterocycles. The second-order valence-corrected chi connectivity index (χ2v) is 7.86. The predicted molar refractivity (Wildman–Crippen MR) is 128 cm³/mol. The molecule has 0 saturated carbocycles. The van der Waals surface area contributed by atoms with Gasteiger partial charge in [0, 0.05) is 50.1 Å². The molecule has 32 heavy (non-hydrogen) atoms. The van der Waals surface area contributed by atoms with E-state index in [4.69, 9.17) is 9.72 Å². The Balaban J connectivity index is 1.32. The summed E-state index contributed by atoms with van der Waals surface area (Å²) in [6, 6.07) is 18.7. The first-order valence-corrected chi connectivity index (χ1v) is 10.8. The first kappa shape index (κ1) is 20.4. The smallest absolute Gasteiger partial charge is 0.227 e. The van der Waals surface area contributed by atoms with E-state index >= 15 is 0 Å². The van der Waals surface area contributed by atoms with Gasteiger partial charge in [-0.2, -0.15) is 0 Å². The molecule has 1 aliphatic rings. The summed E-state index contributed by atoms with van der Waals surface area (Å²) in [5.74, 6) is 1.42. The molecule has 0 radical (unpaired) electrons. The van der Waals surface area contributed by atoms with Crippen LogP contribution in [0.4, 0.5) is 17.5 Å². The van der Waals surface area contributed by atoms with Crippen molar-refractivity contribution in [2.24, 2.45) is 0 Å². The normalized spacial score (nSPS) is 14.4. The van der Waals surface area contributed by atoms with Gasteiger partial charge in [0.15, 0.2) is 0 Å². The van der Waals surface area contributed by atoms with E-state index in [9.17, 15) is 0 Å². The maximum atomic E-state index is 5.43. The number of pyridine rings is 1. The second kappa shape index (κ2) is 9.30. The molecule has 0 spiro atoms. The summed E-state index contributed by atoms with van der Waals surface area (Å²) in [6.45, 7) is 4.56.